The molecule has 0 aliphatic heterocycles. The van der Waals surface area contributed by atoms with Crippen LogP contribution in [0.4, 0.5) is 0 Å². The van der Waals surface area contributed by atoms with Crippen molar-refractivity contribution in [2.24, 2.45) is 0 Å². The van der Waals surface area contributed by atoms with E-state index < -0.39 is 0 Å². The van der Waals surface area contributed by atoms with Crippen molar-refractivity contribution >= 4 is 23.2 Å². The van der Waals surface area contributed by atoms with E-state index in [2.05, 4.69) is 36.5 Å². The molecule has 1 nitrogen and oxygen atoms in total. The number of rotatable bonds is 4. The van der Waals surface area contributed by atoms with Gasteiger partial charge >= 0.3 is 0 Å². The number of halogens is 2. The maximum atomic E-state index is 6.17. The van der Waals surface area contributed by atoms with Crippen LogP contribution in [0, 0.1) is 0 Å². The van der Waals surface area contributed by atoms with Crippen molar-refractivity contribution < 1.29 is 0 Å². The zero-order valence-electron chi connectivity index (χ0n) is 12.1. The van der Waals surface area contributed by atoms with Crippen LogP contribution >= 0.6 is 23.2 Å². The smallest absolute Gasteiger partial charge is 0.0598 e. The summed E-state index contributed by atoms with van der Waals surface area (Å²) in [7, 11) is 0. The average Bonchev–Trinajstić information content (AvgIpc) is 2.91. The van der Waals surface area contributed by atoms with Crippen molar-refractivity contribution in [2.75, 3.05) is 6.54 Å². The van der Waals surface area contributed by atoms with Gasteiger partial charge in [-0.2, -0.15) is 0 Å². The number of hydrogen-bond donors (Lipinski definition) is 1. The number of hydrogen-bond acceptors (Lipinski definition) is 1. The summed E-state index contributed by atoms with van der Waals surface area (Å²) in [4.78, 5) is 0. The van der Waals surface area contributed by atoms with Gasteiger partial charge in [-0.15, -0.1) is 0 Å². The maximum Gasteiger partial charge on any atom is 0.0598 e. The van der Waals surface area contributed by atoms with Crippen molar-refractivity contribution in [1.82, 2.24) is 5.32 Å². The van der Waals surface area contributed by atoms with E-state index in [1.807, 2.05) is 12.1 Å². The third-order valence-corrected chi connectivity index (χ3v) is 4.88. The number of benzene rings is 2. The monoisotopic (exact) mass is 319 g/mol. The minimum Gasteiger partial charge on any atom is -0.310 e. The summed E-state index contributed by atoms with van der Waals surface area (Å²) in [5.41, 5.74) is 5.32. The van der Waals surface area contributed by atoms with Crippen LogP contribution < -0.4 is 5.32 Å². The fraction of sp³-hybridized carbons (Fsp3) is 0.333. The highest BCUT2D eigenvalue weighted by molar-refractivity contribution is 6.42. The van der Waals surface area contributed by atoms with Crippen LogP contribution in [0.1, 0.15) is 36.9 Å². The van der Waals surface area contributed by atoms with Crippen LogP contribution in [0.15, 0.2) is 36.4 Å². The Hall–Kier alpha value is -1.02. The lowest BCUT2D eigenvalue weighted by molar-refractivity contribution is 0.529. The van der Waals surface area contributed by atoms with Crippen molar-refractivity contribution in [1.29, 1.82) is 0 Å². The Morgan fingerprint density at radius 2 is 2.00 bits per heavy atom. The van der Waals surface area contributed by atoms with Crippen LogP contribution in [0.25, 0.3) is 11.1 Å². The highest BCUT2D eigenvalue weighted by Gasteiger charge is 2.24. The van der Waals surface area contributed by atoms with Gasteiger partial charge in [-0.3, -0.25) is 0 Å². The van der Waals surface area contributed by atoms with Crippen LogP contribution in [0.3, 0.4) is 0 Å². The van der Waals surface area contributed by atoms with E-state index in [1.54, 1.807) is 0 Å². The lowest BCUT2D eigenvalue weighted by Gasteiger charge is -2.14. The van der Waals surface area contributed by atoms with Crippen molar-refractivity contribution in [3.05, 3.63) is 57.6 Å². The summed E-state index contributed by atoms with van der Waals surface area (Å²) in [5, 5.41) is 4.86. The molecule has 0 amide bonds. The first-order valence-electron chi connectivity index (χ1n) is 7.51. The quantitative estimate of drug-likeness (QED) is 0.768. The van der Waals surface area contributed by atoms with E-state index >= 15 is 0 Å². The van der Waals surface area contributed by atoms with Crippen molar-refractivity contribution in [3.63, 3.8) is 0 Å². The molecular formula is C18H19Cl2N. The zero-order valence-corrected chi connectivity index (χ0v) is 13.6. The number of nitrogens with one attached hydrogen (secondary N) is 1. The summed E-state index contributed by atoms with van der Waals surface area (Å²) in [6.07, 6.45) is 3.46. The van der Waals surface area contributed by atoms with E-state index in [0.717, 1.165) is 24.9 Å². The molecule has 1 aliphatic carbocycles. The molecule has 1 atom stereocenters. The van der Waals surface area contributed by atoms with Gasteiger partial charge in [0.25, 0.3) is 0 Å². The Morgan fingerprint density at radius 3 is 2.76 bits per heavy atom. The Morgan fingerprint density at radius 1 is 1.14 bits per heavy atom. The second kappa shape index (κ2) is 6.39. The van der Waals surface area contributed by atoms with Gasteiger partial charge in [0, 0.05) is 6.04 Å². The fourth-order valence-electron chi connectivity index (χ4n) is 3.12. The molecular weight excluding hydrogens is 301 g/mol. The first-order chi connectivity index (χ1) is 10.2. The van der Waals surface area contributed by atoms with Gasteiger partial charge in [-0.1, -0.05) is 54.4 Å². The van der Waals surface area contributed by atoms with Gasteiger partial charge in [0.1, 0.15) is 0 Å². The highest BCUT2D eigenvalue weighted by atomic mass is 35.5. The van der Waals surface area contributed by atoms with Crippen LogP contribution in [0.2, 0.25) is 10.0 Å². The van der Waals surface area contributed by atoms with Crippen molar-refractivity contribution in [3.8, 4) is 11.1 Å². The van der Waals surface area contributed by atoms with Gasteiger partial charge in [0.2, 0.25) is 0 Å². The molecule has 0 fully saturated rings. The predicted molar refractivity (Wildman–Crippen MR) is 91.3 cm³/mol. The minimum absolute atomic E-state index is 0.489. The first kappa shape index (κ1) is 14.9. The Balaban J connectivity index is 1.98. The van der Waals surface area contributed by atoms with Crippen LogP contribution in [-0.2, 0) is 6.42 Å². The summed E-state index contributed by atoms with van der Waals surface area (Å²) >= 11 is 12.2. The standard InChI is InChI=1S/C18H19Cl2N/c1-2-10-21-18-9-7-14-13(4-3-5-15(14)18)12-6-8-16(19)17(20)11-12/h3-6,8,11,18,21H,2,7,9-10H2,1H3. The third kappa shape index (κ3) is 2.96. The zero-order chi connectivity index (χ0) is 14.8. The minimum atomic E-state index is 0.489. The summed E-state index contributed by atoms with van der Waals surface area (Å²) in [6, 6.07) is 13.0. The van der Waals surface area contributed by atoms with E-state index in [9.17, 15) is 0 Å². The second-order valence-corrected chi connectivity index (χ2v) is 6.36. The average molecular weight is 320 g/mol. The molecule has 0 bridgehead atoms. The topological polar surface area (TPSA) is 12.0 Å². The summed E-state index contributed by atoms with van der Waals surface area (Å²) in [6.45, 7) is 3.27. The molecule has 3 heteroatoms. The van der Waals surface area contributed by atoms with Crippen LogP contribution in [0.5, 0.6) is 0 Å². The summed E-state index contributed by atoms with van der Waals surface area (Å²) in [5.74, 6) is 0. The summed E-state index contributed by atoms with van der Waals surface area (Å²) < 4.78 is 0. The van der Waals surface area contributed by atoms with E-state index in [-0.39, 0.29) is 0 Å². The lowest BCUT2D eigenvalue weighted by Crippen LogP contribution is -2.19. The molecule has 2 aromatic rings. The number of fused-ring (bicyclic) bond motifs is 1. The molecule has 0 spiro atoms. The van der Waals surface area contributed by atoms with Crippen LogP contribution in [-0.4, -0.2) is 6.54 Å². The van der Waals surface area contributed by atoms with Gasteiger partial charge in [-0.05, 0) is 60.2 Å². The molecule has 110 valence electrons. The molecule has 21 heavy (non-hydrogen) atoms. The Labute approximate surface area is 136 Å². The Kier molecular flexibility index (Phi) is 4.54. The van der Waals surface area contributed by atoms with Gasteiger partial charge in [0.15, 0.2) is 0 Å². The van der Waals surface area contributed by atoms with Gasteiger partial charge in [0.05, 0.1) is 10.0 Å². The van der Waals surface area contributed by atoms with Crippen molar-refractivity contribution in [2.45, 2.75) is 32.2 Å². The molecule has 0 saturated carbocycles. The molecule has 0 heterocycles. The van der Waals surface area contributed by atoms with Gasteiger partial charge < -0.3 is 5.32 Å². The van der Waals surface area contributed by atoms with E-state index in [0.29, 0.717) is 16.1 Å². The fourth-order valence-corrected chi connectivity index (χ4v) is 3.42. The lowest BCUT2D eigenvalue weighted by atomic mass is 9.96. The van der Waals surface area contributed by atoms with Gasteiger partial charge in [-0.25, -0.2) is 0 Å². The van der Waals surface area contributed by atoms with E-state index in [1.165, 1.54) is 23.1 Å². The SMILES string of the molecule is CCCNC1CCc2c(-c3ccc(Cl)c(Cl)c3)cccc21. The molecule has 1 aliphatic rings. The van der Waals surface area contributed by atoms with E-state index in [4.69, 9.17) is 23.2 Å². The molecule has 2 aromatic carbocycles. The molecule has 3 rings (SSSR count). The maximum absolute atomic E-state index is 6.17. The molecule has 1 N–H and O–H groups in total. The molecule has 0 saturated heterocycles. The molecule has 1 unspecified atom stereocenters. The molecule has 0 radical (unpaired) electrons. The Bertz CT molecular complexity index is 652. The largest absolute Gasteiger partial charge is 0.310 e. The normalized spacial score (nSPS) is 17.0. The highest BCUT2D eigenvalue weighted by Crippen LogP contribution is 2.39. The second-order valence-electron chi connectivity index (χ2n) is 5.55. The predicted octanol–water partition coefficient (Wildman–Crippen LogP) is 5.65. The third-order valence-electron chi connectivity index (χ3n) is 4.14. The molecule has 0 aromatic heterocycles. The first-order valence-corrected chi connectivity index (χ1v) is 8.27.